The van der Waals surface area contributed by atoms with Crippen molar-refractivity contribution in [2.75, 3.05) is 0 Å². The molecule has 0 aliphatic heterocycles. The van der Waals surface area contributed by atoms with Crippen molar-refractivity contribution in [1.82, 2.24) is 24.1 Å². The molecular weight excluding hydrogens is 611 g/mol. The van der Waals surface area contributed by atoms with Gasteiger partial charge in [0.25, 0.3) is 0 Å². The van der Waals surface area contributed by atoms with Crippen molar-refractivity contribution < 1.29 is 0 Å². The topological polar surface area (TPSA) is 48.5 Å². The third kappa shape index (κ3) is 4.59. The fraction of sp³-hybridized carbons (Fsp3) is 0.0444. The third-order valence-electron chi connectivity index (χ3n) is 9.89. The molecule has 0 unspecified atom stereocenters. The van der Waals surface area contributed by atoms with Gasteiger partial charge < -0.3 is 0 Å². The van der Waals surface area contributed by atoms with Crippen molar-refractivity contribution >= 4 is 38.8 Å². The van der Waals surface area contributed by atoms with Gasteiger partial charge in [0.1, 0.15) is 0 Å². The maximum absolute atomic E-state index is 5.33. The van der Waals surface area contributed by atoms with Gasteiger partial charge in [-0.2, -0.15) is 15.0 Å². The highest BCUT2D eigenvalue weighted by Crippen LogP contribution is 2.37. The summed E-state index contributed by atoms with van der Waals surface area (Å²) in [5.74, 6) is 1.85. The van der Waals surface area contributed by atoms with Gasteiger partial charge in [0.15, 0.2) is 5.82 Å². The Balaban J connectivity index is 1.23. The van der Waals surface area contributed by atoms with Gasteiger partial charge in [-0.3, -0.25) is 9.13 Å². The average molecular weight is 642 g/mol. The Morgan fingerprint density at radius 1 is 0.420 bits per heavy atom. The fourth-order valence-corrected chi connectivity index (χ4v) is 7.52. The number of nitrogens with zero attached hydrogens (tertiary/aromatic N) is 5. The smallest absolute Gasteiger partial charge is 0.240 e. The largest absolute Gasteiger partial charge is 0.282 e. The van der Waals surface area contributed by atoms with E-state index in [-0.39, 0.29) is 0 Å². The van der Waals surface area contributed by atoms with E-state index in [1.165, 1.54) is 44.1 Å². The Kier molecular flexibility index (Phi) is 6.56. The Morgan fingerprint density at radius 2 is 0.940 bits per heavy atom. The molecule has 6 aromatic carbocycles. The first-order chi connectivity index (χ1) is 24.8. The van der Waals surface area contributed by atoms with Crippen LogP contribution in [0.1, 0.15) is 17.7 Å². The number of allylic oxidation sites excluding steroid dienone is 1. The lowest BCUT2D eigenvalue weighted by atomic mass is 9.99. The molecule has 3 aromatic heterocycles. The first-order valence-corrected chi connectivity index (χ1v) is 17.1. The van der Waals surface area contributed by atoms with Crippen LogP contribution in [-0.2, 0) is 6.42 Å². The average Bonchev–Trinajstić information content (AvgIpc) is 3.71. The molecule has 0 radical (unpaired) electrons. The number of para-hydroxylation sites is 2. The van der Waals surface area contributed by atoms with Crippen molar-refractivity contribution in [2.45, 2.75) is 12.8 Å². The number of rotatable bonds is 5. The Labute approximate surface area is 289 Å². The second kappa shape index (κ2) is 11.5. The Bertz CT molecular complexity index is 2680. The van der Waals surface area contributed by atoms with E-state index in [4.69, 9.17) is 15.0 Å². The number of aromatic nitrogens is 5. The molecule has 236 valence electrons. The van der Waals surface area contributed by atoms with Gasteiger partial charge in [-0.25, -0.2) is 0 Å². The van der Waals surface area contributed by atoms with Crippen LogP contribution < -0.4 is 0 Å². The van der Waals surface area contributed by atoms with E-state index < -0.39 is 0 Å². The summed E-state index contributed by atoms with van der Waals surface area (Å²) in [4.78, 5) is 15.8. The van der Waals surface area contributed by atoms with Crippen LogP contribution in [-0.4, -0.2) is 24.1 Å². The number of fused-ring (bicyclic) bond motifs is 6. The van der Waals surface area contributed by atoms with E-state index in [9.17, 15) is 0 Å². The zero-order valence-corrected chi connectivity index (χ0v) is 27.2. The lowest BCUT2D eigenvalue weighted by Crippen LogP contribution is -2.12. The summed E-state index contributed by atoms with van der Waals surface area (Å²) in [7, 11) is 0. The predicted molar refractivity (Wildman–Crippen MR) is 205 cm³/mol. The van der Waals surface area contributed by atoms with Crippen molar-refractivity contribution in [3.63, 3.8) is 0 Å². The molecule has 50 heavy (non-hydrogen) atoms. The summed E-state index contributed by atoms with van der Waals surface area (Å²) in [6.45, 7) is 0. The summed E-state index contributed by atoms with van der Waals surface area (Å²) >= 11 is 0. The Morgan fingerprint density at radius 3 is 1.62 bits per heavy atom. The summed E-state index contributed by atoms with van der Waals surface area (Å²) in [5, 5.41) is 3.53. The molecule has 9 aromatic rings. The molecule has 0 bridgehead atoms. The molecule has 0 saturated heterocycles. The quantitative estimate of drug-likeness (QED) is 0.188. The van der Waals surface area contributed by atoms with E-state index in [2.05, 4.69) is 167 Å². The predicted octanol–water partition coefficient (Wildman–Crippen LogP) is 10.9. The minimum atomic E-state index is 0.595. The van der Waals surface area contributed by atoms with Gasteiger partial charge in [0.05, 0.1) is 16.6 Å². The van der Waals surface area contributed by atoms with Gasteiger partial charge in [0.2, 0.25) is 11.9 Å². The van der Waals surface area contributed by atoms with Crippen molar-refractivity contribution in [2.24, 2.45) is 0 Å². The molecule has 10 rings (SSSR count). The molecular formula is C45H31N5. The minimum absolute atomic E-state index is 0.595. The lowest BCUT2D eigenvalue weighted by Gasteiger charge is -2.15. The SMILES string of the molecule is C1=Cc2c(n(-c3nc(-c4ccc(-c5ccccc5)cc4)nc(-n4c5ccccc5c5ccccc54)n3)c3ccc(-c4ccccc4)cc23)CC1. The van der Waals surface area contributed by atoms with Crippen LogP contribution in [0, 0.1) is 0 Å². The fourth-order valence-electron chi connectivity index (χ4n) is 7.52. The van der Waals surface area contributed by atoms with Gasteiger partial charge in [0, 0.05) is 33.0 Å². The summed E-state index contributed by atoms with van der Waals surface area (Å²) in [6.07, 6.45) is 6.41. The zero-order valence-electron chi connectivity index (χ0n) is 27.2. The van der Waals surface area contributed by atoms with Gasteiger partial charge in [-0.1, -0.05) is 140 Å². The highest BCUT2D eigenvalue weighted by molar-refractivity contribution is 6.09. The molecule has 0 atom stereocenters. The summed E-state index contributed by atoms with van der Waals surface area (Å²) in [6, 6.07) is 53.3. The molecule has 0 spiro atoms. The molecule has 0 N–H and O–H groups in total. The van der Waals surface area contributed by atoms with Crippen molar-refractivity contribution in [3.8, 4) is 45.5 Å². The van der Waals surface area contributed by atoms with Crippen molar-refractivity contribution in [3.05, 3.63) is 169 Å². The normalized spacial score (nSPS) is 12.6. The van der Waals surface area contributed by atoms with Gasteiger partial charge in [-0.15, -0.1) is 0 Å². The number of benzene rings is 6. The monoisotopic (exact) mass is 641 g/mol. The van der Waals surface area contributed by atoms with Crippen molar-refractivity contribution in [1.29, 1.82) is 0 Å². The van der Waals surface area contributed by atoms with Crippen LogP contribution in [0.3, 0.4) is 0 Å². The molecule has 1 aliphatic carbocycles. The number of hydrogen-bond acceptors (Lipinski definition) is 3. The highest BCUT2D eigenvalue weighted by atomic mass is 15.3. The molecule has 3 heterocycles. The van der Waals surface area contributed by atoms with Gasteiger partial charge in [-0.05, 0) is 59.4 Å². The maximum Gasteiger partial charge on any atom is 0.240 e. The molecule has 0 saturated carbocycles. The second-order valence-electron chi connectivity index (χ2n) is 12.8. The molecule has 1 aliphatic rings. The first-order valence-electron chi connectivity index (χ1n) is 17.1. The minimum Gasteiger partial charge on any atom is -0.282 e. The van der Waals surface area contributed by atoms with E-state index in [1.54, 1.807) is 0 Å². The van der Waals surface area contributed by atoms with E-state index in [0.717, 1.165) is 40.5 Å². The standard InChI is InChI=1S/C45H31N5/c1-3-13-30(14-4-1)32-23-25-33(26-24-32)43-46-44(49-39-20-10-7-17-35(39)36-18-8-11-21-40(36)49)48-45(47-43)50-41-22-12-9-19-37(41)38-29-34(27-28-42(38)50)31-15-5-2-6-16-31/h1-11,13-21,23-29H,12,22H2. The van der Waals surface area contributed by atoms with Crippen LogP contribution in [0.4, 0.5) is 0 Å². The van der Waals surface area contributed by atoms with E-state index >= 15 is 0 Å². The van der Waals surface area contributed by atoms with Crippen LogP contribution in [0.25, 0.3) is 84.3 Å². The summed E-state index contributed by atoms with van der Waals surface area (Å²) in [5.41, 5.74) is 11.3. The molecule has 0 fully saturated rings. The van der Waals surface area contributed by atoms with Gasteiger partial charge >= 0.3 is 0 Å². The van der Waals surface area contributed by atoms with Crippen LogP contribution in [0.5, 0.6) is 0 Å². The number of hydrogen-bond donors (Lipinski definition) is 0. The van der Waals surface area contributed by atoms with Crippen LogP contribution in [0.15, 0.2) is 158 Å². The second-order valence-corrected chi connectivity index (χ2v) is 12.8. The summed E-state index contributed by atoms with van der Waals surface area (Å²) < 4.78 is 4.45. The van der Waals surface area contributed by atoms with E-state index in [1.807, 2.05) is 6.07 Å². The first kappa shape index (κ1) is 28.4. The van der Waals surface area contributed by atoms with Crippen LogP contribution >= 0.6 is 0 Å². The maximum atomic E-state index is 5.33. The molecule has 0 amide bonds. The Hall–Kier alpha value is -6.59. The third-order valence-corrected chi connectivity index (χ3v) is 9.89. The van der Waals surface area contributed by atoms with E-state index in [0.29, 0.717) is 17.7 Å². The highest BCUT2D eigenvalue weighted by Gasteiger charge is 2.23. The lowest BCUT2D eigenvalue weighted by molar-refractivity contribution is 0.822. The zero-order chi connectivity index (χ0) is 33.0. The molecule has 5 nitrogen and oxygen atoms in total. The van der Waals surface area contributed by atoms with Crippen LogP contribution in [0.2, 0.25) is 0 Å². The molecule has 5 heteroatoms.